The average Bonchev–Trinajstić information content (AvgIpc) is 2.79. The molecule has 1 heterocycles. The van der Waals surface area contributed by atoms with Crippen LogP contribution in [0.25, 0.3) is 5.57 Å². The van der Waals surface area contributed by atoms with Crippen molar-refractivity contribution >= 4 is 40.7 Å². The van der Waals surface area contributed by atoms with E-state index < -0.39 is 11.5 Å². The van der Waals surface area contributed by atoms with E-state index in [0.29, 0.717) is 33.4 Å². The molecule has 1 amide bonds. The third-order valence-electron chi connectivity index (χ3n) is 4.96. The van der Waals surface area contributed by atoms with Crippen LogP contribution in [0, 0.1) is 0 Å². The van der Waals surface area contributed by atoms with E-state index in [-0.39, 0.29) is 5.91 Å². The summed E-state index contributed by atoms with van der Waals surface area (Å²) in [5, 5.41) is 4.00. The normalized spacial score (nSPS) is 19.3. The van der Waals surface area contributed by atoms with Crippen molar-refractivity contribution < 1.29 is 14.3 Å². The number of rotatable bonds is 3. The number of hydrogen-bond acceptors (Lipinski definition) is 3. The predicted octanol–water partition coefficient (Wildman–Crippen LogP) is 4.66. The molecule has 2 aliphatic rings. The minimum atomic E-state index is -0.607. The first-order valence-corrected chi connectivity index (χ1v) is 9.37. The van der Waals surface area contributed by atoms with E-state index in [4.69, 9.17) is 27.9 Å². The maximum atomic E-state index is 12.9. The molecule has 0 unspecified atom stereocenters. The second kappa shape index (κ2) is 7.00. The summed E-state index contributed by atoms with van der Waals surface area (Å²) < 4.78 is 5.59. The number of halogens is 2. The van der Waals surface area contributed by atoms with Crippen molar-refractivity contribution in [1.29, 1.82) is 0 Å². The van der Waals surface area contributed by atoms with Gasteiger partial charge in [0.15, 0.2) is 0 Å². The van der Waals surface area contributed by atoms with Gasteiger partial charge in [-0.05, 0) is 37.0 Å². The second-order valence-corrected chi connectivity index (χ2v) is 7.51. The number of aryl methyl sites for hydroxylation is 1. The number of hydrogen-bond donors (Lipinski definition) is 1. The summed E-state index contributed by atoms with van der Waals surface area (Å²) in [5.41, 5.74) is 1.24. The Bertz CT molecular complexity index is 764. The molecule has 1 aliphatic heterocycles. The molecule has 1 aliphatic carbocycles. The Morgan fingerprint density at radius 1 is 1.24 bits per heavy atom. The minimum Gasteiger partial charge on any atom is -0.428 e. The lowest BCUT2D eigenvalue weighted by molar-refractivity contribution is -0.138. The molecule has 1 aromatic rings. The van der Waals surface area contributed by atoms with Gasteiger partial charge in [0.25, 0.3) is 5.91 Å². The molecule has 1 spiro atoms. The summed E-state index contributed by atoms with van der Waals surface area (Å²) in [6, 6.07) is 3.43. The van der Waals surface area contributed by atoms with Gasteiger partial charge < -0.3 is 10.1 Å². The number of benzene rings is 1. The van der Waals surface area contributed by atoms with Crippen LogP contribution in [0.2, 0.25) is 10.0 Å². The number of ether oxygens (including phenoxy) is 1. The van der Waals surface area contributed by atoms with Crippen LogP contribution in [0.3, 0.4) is 0 Å². The largest absolute Gasteiger partial charge is 0.428 e. The topological polar surface area (TPSA) is 55.4 Å². The van der Waals surface area contributed by atoms with Gasteiger partial charge in [-0.1, -0.05) is 49.4 Å². The number of carbonyl (C=O) groups excluding carboxylic acids is 2. The Morgan fingerprint density at radius 2 is 1.92 bits per heavy atom. The van der Waals surface area contributed by atoms with Crippen LogP contribution in [0.5, 0.6) is 0 Å². The van der Waals surface area contributed by atoms with Gasteiger partial charge in [0.05, 0.1) is 16.1 Å². The van der Waals surface area contributed by atoms with Gasteiger partial charge in [-0.3, -0.25) is 9.59 Å². The standard InChI is InChI=1S/C19H21Cl2NO3/c1-3-12-9-13(20)10-14(21)15(12)16-17(25-11(2)23)19(22-18(16)24)7-5-4-6-8-19/h9-10H,3-8H2,1-2H3,(H,22,24). The summed E-state index contributed by atoms with van der Waals surface area (Å²) in [5.74, 6) is -0.252. The molecule has 134 valence electrons. The van der Waals surface area contributed by atoms with E-state index in [0.717, 1.165) is 37.7 Å². The van der Waals surface area contributed by atoms with Gasteiger partial charge in [0, 0.05) is 17.5 Å². The van der Waals surface area contributed by atoms with Gasteiger partial charge in [0.2, 0.25) is 0 Å². The van der Waals surface area contributed by atoms with Crippen molar-refractivity contribution in [3.05, 3.63) is 39.1 Å². The van der Waals surface area contributed by atoms with Crippen molar-refractivity contribution in [2.45, 2.75) is 57.9 Å². The molecular weight excluding hydrogens is 361 g/mol. The fourth-order valence-corrected chi connectivity index (χ4v) is 4.52. The lowest BCUT2D eigenvalue weighted by Gasteiger charge is -2.34. The molecule has 4 nitrogen and oxygen atoms in total. The Balaban J connectivity index is 2.24. The van der Waals surface area contributed by atoms with Gasteiger partial charge >= 0.3 is 5.97 Å². The Kier molecular flexibility index (Phi) is 5.12. The molecule has 0 saturated heterocycles. The third-order valence-corrected chi connectivity index (χ3v) is 5.48. The summed E-state index contributed by atoms with van der Waals surface area (Å²) in [7, 11) is 0. The maximum absolute atomic E-state index is 12.9. The molecule has 0 aromatic heterocycles. The van der Waals surface area contributed by atoms with Gasteiger partial charge in [0.1, 0.15) is 5.76 Å². The Labute approximate surface area is 157 Å². The number of amides is 1. The molecule has 0 bridgehead atoms. The molecule has 0 atom stereocenters. The fourth-order valence-electron chi connectivity index (χ4n) is 3.89. The molecule has 1 N–H and O–H groups in total. The highest BCUT2D eigenvalue weighted by molar-refractivity contribution is 6.38. The fraction of sp³-hybridized carbons (Fsp3) is 0.474. The summed E-state index contributed by atoms with van der Waals surface area (Å²) in [4.78, 5) is 24.6. The van der Waals surface area contributed by atoms with E-state index in [9.17, 15) is 9.59 Å². The highest BCUT2D eigenvalue weighted by Gasteiger charge is 2.49. The van der Waals surface area contributed by atoms with Crippen LogP contribution in [-0.4, -0.2) is 17.4 Å². The van der Waals surface area contributed by atoms with E-state index in [1.54, 1.807) is 12.1 Å². The minimum absolute atomic E-state index is 0.239. The zero-order chi connectivity index (χ0) is 18.2. The number of carbonyl (C=O) groups is 2. The zero-order valence-electron chi connectivity index (χ0n) is 14.4. The molecule has 0 radical (unpaired) electrons. The van der Waals surface area contributed by atoms with Crippen LogP contribution in [0.15, 0.2) is 17.9 Å². The number of esters is 1. The van der Waals surface area contributed by atoms with Crippen molar-refractivity contribution in [1.82, 2.24) is 5.32 Å². The quantitative estimate of drug-likeness (QED) is 0.774. The highest BCUT2D eigenvalue weighted by atomic mass is 35.5. The van der Waals surface area contributed by atoms with Gasteiger partial charge in [-0.15, -0.1) is 0 Å². The predicted molar refractivity (Wildman–Crippen MR) is 98.5 cm³/mol. The van der Waals surface area contributed by atoms with Crippen LogP contribution < -0.4 is 5.32 Å². The SMILES string of the molecule is CCc1cc(Cl)cc(Cl)c1C1=C(OC(C)=O)C2(CCCCC2)NC1=O. The second-order valence-electron chi connectivity index (χ2n) is 6.67. The molecule has 1 aromatic carbocycles. The van der Waals surface area contributed by atoms with E-state index in [1.807, 2.05) is 6.92 Å². The van der Waals surface area contributed by atoms with Crippen molar-refractivity contribution in [3.63, 3.8) is 0 Å². The number of nitrogens with one attached hydrogen (secondary N) is 1. The monoisotopic (exact) mass is 381 g/mol. The lowest BCUT2D eigenvalue weighted by atomic mass is 9.80. The molecule has 1 fully saturated rings. The van der Waals surface area contributed by atoms with Crippen LogP contribution in [0.1, 0.15) is 57.1 Å². The van der Waals surface area contributed by atoms with Crippen LogP contribution >= 0.6 is 23.2 Å². The molecule has 3 rings (SSSR count). The summed E-state index contributed by atoms with van der Waals surface area (Å²) >= 11 is 12.6. The van der Waals surface area contributed by atoms with E-state index >= 15 is 0 Å². The van der Waals surface area contributed by atoms with Crippen LogP contribution in [-0.2, 0) is 20.7 Å². The summed E-state index contributed by atoms with van der Waals surface area (Å²) in [6.45, 7) is 3.33. The van der Waals surface area contributed by atoms with Crippen LogP contribution in [0.4, 0.5) is 0 Å². The highest BCUT2D eigenvalue weighted by Crippen LogP contribution is 2.45. The maximum Gasteiger partial charge on any atom is 0.307 e. The third kappa shape index (κ3) is 3.30. The molecule has 6 heteroatoms. The van der Waals surface area contributed by atoms with Crippen molar-refractivity contribution in [3.8, 4) is 0 Å². The average molecular weight is 382 g/mol. The van der Waals surface area contributed by atoms with Crippen molar-refractivity contribution in [2.75, 3.05) is 0 Å². The van der Waals surface area contributed by atoms with Gasteiger partial charge in [-0.2, -0.15) is 0 Å². The molecule has 1 saturated carbocycles. The van der Waals surface area contributed by atoms with E-state index in [2.05, 4.69) is 5.32 Å². The van der Waals surface area contributed by atoms with E-state index in [1.165, 1.54) is 6.92 Å². The zero-order valence-corrected chi connectivity index (χ0v) is 15.9. The first kappa shape index (κ1) is 18.3. The lowest BCUT2D eigenvalue weighted by Crippen LogP contribution is -2.46. The Morgan fingerprint density at radius 3 is 2.52 bits per heavy atom. The van der Waals surface area contributed by atoms with Gasteiger partial charge in [-0.25, -0.2) is 0 Å². The molecular formula is C19H21Cl2NO3. The Hall–Kier alpha value is -1.52. The first-order valence-electron chi connectivity index (χ1n) is 8.62. The summed E-state index contributed by atoms with van der Waals surface area (Å²) in [6.07, 6.45) is 5.25. The smallest absolute Gasteiger partial charge is 0.307 e. The van der Waals surface area contributed by atoms with Crippen molar-refractivity contribution in [2.24, 2.45) is 0 Å². The first-order chi connectivity index (χ1) is 11.9. The molecule has 25 heavy (non-hydrogen) atoms.